The summed E-state index contributed by atoms with van der Waals surface area (Å²) >= 11 is 1.59. The first kappa shape index (κ1) is 11.9. The van der Waals surface area contributed by atoms with E-state index in [1.807, 2.05) is 23.6 Å². The van der Waals surface area contributed by atoms with E-state index in [2.05, 4.69) is 5.32 Å². The van der Waals surface area contributed by atoms with Crippen LogP contribution in [0.1, 0.15) is 4.88 Å². The van der Waals surface area contributed by atoms with Crippen molar-refractivity contribution >= 4 is 17.2 Å². The number of furan rings is 1. The maximum Gasteiger partial charge on any atom is 0.246 e. The Morgan fingerprint density at radius 1 is 1.59 bits per heavy atom. The number of carbonyl (C=O) groups is 1. The smallest absolute Gasteiger partial charge is 0.246 e. The van der Waals surface area contributed by atoms with Crippen LogP contribution < -0.4 is 5.32 Å². The van der Waals surface area contributed by atoms with Crippen molar-refractivity contribution in [2.24, 2.45) is 0 Å². The Morgan fingerprint density at radius 3 is 3.18 bits per heavy atom. The van der Waals surface area contributed by atoms with Gasteiger partial charge in [-0.1, -0.05) is 0 Å². The lowest BCUT2D eigenvalue weighted by molar-refractivity contribution is -0.124. The van der Waals surface area contributed by atoms with Gasteiger partial charge in [0.2, 0.25) is 5.91 Å². The molecule has 1 amide bonds. The van der Waals surface area contributed by atoms with Gasteiger partial charge in [-0.3, -0.25) is 4.79 Å². The Bertz CT molecular complexity index is 476. The number of ether oxygens (including phenoxy) is 1. The van der Waals surface area contributed by atoms with Crippen LogP contribution in [-0.4, -0.2) is 19.6 Å². The molecule has 2 rings (SSSR count). The molecule has 0 spiro atoms. The van der Waals surface area contributed by atoms with Gasteiger partial charge < -0.3 is 14.5 Å². The third-order valence-electron chi connectivity index (χ3n) is 2.19. The first-order valence-corrected chi connectivity index (χ1v) is 6.04. The summed E-state index contributed by atoms with van der Waals surface area (Å²) in [6.45, 7) is 0.615. The van der Waals surface area contributed by atoms with Gasteiger partial charge in [-0.15, -0.1) is 11.3 Å². The zero-order chi connectivity index (χ0) is 12.1. The van der Waals surface area contributed by atoms with Crippen LogP contribution in [0, 0.1) is 0 Å². The molecule has 0 radical (unpaired) electrons. The molecule has 0 saturated heterocycles. The highest BCUT2D eigenvalue weighted by Gasteiger charge is 2.06. The van der Waals surface area contributed by atoms with Gasteiger partial charge in [-0.2, -0.15) is 0 Å². The van der Waals surface area contributed by atoms with Crippen LogP contribution in [0.2, 0.25) is 0 Å². The van der Waals surface area contributed by atoms with Crippen LogP contribution in [0.5, 0.6) is 0 Å². The van der Waals surface area contributed by atoms with Crippen molar-refractivity contribution in [3.8, 4) is 11.3 Å². The Hall–Kier alpha value is -1.59. The number of hydrogen-bond donors (Lipinski definition) is 1. The fourth-order valence-electron chi connectivity index (χ4n) is 1.41. The normalized spacial score (nSPS) is 10.4. The summed E-state index contributed by atoms with van der Waals surface area (Å²) in [6.07, 6.45) is 1.65. The van der Waals surface area contributed by atoms with Crippen LogP contribution >= 0.6 is 11.3 Å². The maximum atomic E-state index is 11.2. The van der Waals surface area contributed by atoms with E-state index < -0.39 is 0 Å². The molecule has 0 aliphatic heterocycles. The molecule has 17 heavy (non-hydrogen) atoms. The van der Waals surface area contributed by atoms with Gasteiger partial charge in [-0.05, 0) is 18.2 Å². The molecule has 0 aromatic carbocycles. The van der Waals surface area contributed by atoms with Gasteiger partial charge in [0.05, 0.1) is 12.8 Å². The predicted molar refractivity (Wildman–Crippen MR) is 65.7 cm³/mol. The van der Waals surface area contributed by atoms with Gasteiger partial charge in [-0.25, -0.2) is 0 Å². The summed E-state index contributed by atoms with van der Waals surface area (Å²) in [4.78, 5) is 12.3. The van der Waals surface area contributed by atoms with E-state index in [1.54, 1.807) is 17.6 Å². The molecule has 2 aromatic rings. The largest absolute Gasteiger partial charge is 0.464 e. The Labute approximate surface area is 103 Å². The number of carbonyl (C=O) groups excluding carboxylic acids is 1. The standard InChI is InChI=1S/C12H13NO3S/c1-15-7-12(14)13-6-10-5-9(8-17-10)11-3-2-4-16-11/h2-5,8H,6-7H2,1H3,(H,13,14). The molecule has 5 heteroatoms. The Balaban J connectivity index is 1.93. The number of nitrogens with one attached hydrogen (secondary N) is 1. The molecule has 0 aliphatic rings. The van der Waals surface area contributed by atoms with Crippen LogP contribution in [0.3, 0.4) is 0 Å². The van der Waals surface area contributed by atoms with Crippen LogP contribution in [-0.2, 0) is 16.1 Å². The summed E-state index contributed by atoms with van der Waals surface area (Å²) in [5, 5.41) is 4.78. The van der Waals surface area contributed by atoms with E-state index in [4.69, 9.17) is 9.15 Å². The number of rotatable bonds is 5. The van der Waals surface area contributed by atoms with E-state index in [9.17, 15) is 4.79 Å². The lowest BCUT2D eigenvalue weighted by Gasteiger charge is -2.01. The molecule has 0 saturated carbocycles. The summed E-state index contributed by atoms with van der Waals surface area (Å²) < 4.78 is 10.0. The van der Waals surface area contributed by atoms with Crippen LogP contribution in [0.15, 0.2) is 34.3 Å². The summed E-state index contributed by atoms with van der Waals surface area (Å²) in [6, 6.07) is 5.78. The van der Waals surface area contributed by atoms with E-state index >= 15 is 0 Å². The van der Waals surface area contributed by atoms with E-state index in [0.717, 1.165) is 16.2 Å². The van der Waals surface area contributed by atoms with Crippen molar-refractivity contribution in [2.45, 2.75) is 6.54 Å². The molecule has 0 unspecified atom stereocenters. The second kappa shape index (κ2) is 5.65. The topological polar surface area (TPSA) is 51.5 Å². The third kappa shape index (κ3) is 3.18. The van der Waals surface area contributed by atoms with Gasteiger partial charge in [0.15, 0.2) is 0 Å². The van der Waals surface area contributed by atoms with Crippen LogP contribution in [0.4, 0.5) is 0 Å². The SMILES string of the molecule is COCC(=O)NCc1cc(-c2ccco2)cs1. The molecule has 2 aromatic heterocycles. The highest BCUT2D eigenvalue weighted by molar-refractivity contribution is 7.10. The van der Waals surface area contributed by atoms with Gasteiger partial charge >= 0.3 is 0 Å². The lowest BCUT2D eigenvalue weighted by Crippen LogP contribution is -2.26. The fourth-order valence-corrected chi connectivity index (χ4v) is 2.23. The number of hydrogen-bond acceptors (Lipinski definition) is 4. The van der Waals surface area contributed by atoms with Crippen molar-refractivity contribution in [3.63, 3.8) is 0 Å². The Kier molecular flexibility index (Phi) is 3.95. The number of thiophene rings is 1. The van der Waals surface area contributed by atoms with Crippen LogP contribution in [0.25, 0.3) is 11.3 Å². The van der Waals surface area contributed by atoms with E-state index in [-0.39, 0.29) is 12.5 Å². The molecular formula is C12H13NO3S. The number of amides is 1. The quantitative estimate of drug-likeness (QED) is 0.887. The number of methoxy groups -OCH3 is 1. The van der Waals surface area contributed by atoms with E-state index in [0.29, 0.717) is 6.54 Å². The van der Waals surface area contributed by atoms with Crippen molar-refractivity contribution in [1.29, 1.82) is 0 Å². The molecule has 2 heterocycles. The van der Waals surface area contributed by atoms with Gasteiger partial charge in [0.25, 0.3) is 0 Å². The molecule has 1 N–H and O–H groups in total. The maximum absolute atomic E-state index is 11.2. The molecule has 0 bridgehead atoms. The first-order chi connectivity index (χ1) is 8.29. The zero-order valence-electron chi connectivity index (χ0n) is 9.43. The van der Waals surface area contributed by atoms with E-state index in [1.165, 1.54) is 7.11 Å². The highest BCUT2D eigenvalue weighted by Crippen LogP contribution is 2.25. The highest BCUT2D eigenvalue weighted by atomic mass is 32.1. The minimum Gasteiger partial charge on any atom is -0.464 e. The molecule has 0 atom stereocenters. The van der Waals surface area contributed by atoms with Crippen molar-refractivity contribution in [2.75, 3.05) is 13.7 Å². The van der Waals surface area contributed by atoms with Crippen molar-refractivity contribution in [1.82, 2.24) is 5.32 Å². The predicted octanol–water partition coefficient (Wildman–Crippen LogP) is 2.27. The molecule has 0 fully saturated rings. The first-order valence-electron chi connectivity index (χ1n) is 5.16. The minimum absolute atomic E-state index is 0.0937. The molecule has 90 valence electrons. The van der Waals surface area contributed by atoms with Gasteiger partial charge in [0, 0.05) is 22.9 Å². The molecule has 4 nitrogen and oxygen atoms in total. The monoisotopic (exact) mass is 251 g/mol. The van der Waals surface area contributed by atoms with Crippen molar-refractivity contribution < 1.29 is 13.9 Å². The average molecular weight is 251 g/mol. The molecular weight excluding hydrogens is 238 g/mol. The summed E-state index contributed by atoms with van der Waals surface area (Å²) in [5.41, 5.74) is 1.04. The van der Waals surface area contributed by atoms with Gasteiger partial charge in [0.1, 0.15) is 12.4 Å². The third-order valence-corrected chi connectivity index (χ3v) is 3.13. The average Bonchev–Trinajstić information content (AvgIpc) is 2.97. The second-order valence-corrected chi connectivity index (χ2v) is 4.48. The lowest BCUT2D eigenvalue weighted by atomic mass is 10.2. The zero-order valence-corrected chi connectivity index (χ0v) is 10.3. The minimum atomic E-state index is -0.111. The summed E-state index contributed by atoms with van der Waals surface area (Å²) in [5.74, 6) is 0.733. The molecule has 0 aliphatic carbocycles. The summed E-state index contributed by atoms with van der Waals surface area (Å²) in [7, 11) is 1.50. The Morgan fingerprint density at radius 2 is 2.47 bits per heavy atom. The second-order valence-electron chi connectivity index (χ2n) is 3.49. The van der Waals surface area contributed by atoms with Crippen molar-refractivity contribution in [3.05, 3.63) is 34.7 Å². The fraction of sp³-hybridized carbons (Fsp3) is 0.250.